The molecule has 0 unspecified atom stereocenters. The highest BCUT2D eigenvalue weighted by Crippen LogP contribution is 2.29. The number of aromatic nitrogens is 6. The van der Waals surface area contributed by atoms with Gasteiger partial charge < -0.3 is 9.47 Å². The zero-order valence-electron chi connectivity index (χ0n) is 19.5. The van der Waals surface area contributed by atoms with Crippen LogP contribution in [0.4, 0.5) is 8.78 Å². The second kappa shape index (κ2) is 9.90. The first-order valence-electron chi connectivity index (χ1n) is 11.1. The minimum Gasteiger partial charge on any atom is -0.457 e. The van der Waals surface area contributed by atoms with E-state index in [0.29, 0.717) is 17.1 Å². The average molecular weight is 502 g/mol. The van der Waals surface area contributed by atoms with Crippen molar-refractivity contribution in [3.05, 3.63) is 108 Å². The molecule has 0 amide bonds. The number of ether oxygens (including phenoxy) is 2. The lowest BCUT2D eigenvalue weighted by atomic mass is 10.2. The van der Waals surface area contributed by atoms with Crippen molar-refractivity contribution in [1.29, 1.82) is 0 Å². The molecule has 0 saturated carbocycles. The standard InChI is InChI=1S/C26H20F2N6O3/c1-17(2)36-23-16-33(20-10-9-19(32-14-6-12-29-32)15-22(20)37-26(27)28)31-24(25(23)35)21-11-13-30-34(21)18-7-4-3-5-8-18/h3-16,26H,1H2,2H3. The Bertz CT molecular complexity index is 1610. The van der Waals surface area contributed by atoms with Crippen molar-refractivity contribution < 1.29 is 18.3 Å². The number of allylic oxidation sites excluding steroid dienone is 1. The van der Waals surface area contributed by atoms with Crippen molar-refractivity contribution in [2.24, 2.45) is 0 Å². The molecular formula is C26H20F2N6O3. The first-order valence-corrected chi connectivity index (χ1v) is 11.1. The van der Waals surface area contributed by atoms with Gasteiger partial charge in [0.25, 0.3) is 5.43 Å². The third-order valence-electron chi connectivity index (χ3n) is 5.23. The van der Waals surface area contributed by atoms with Crippen molar-refractivity contribution in [2.45, 2.75) is 13.5 Å². The summed E-state index contributed by atoms with van der Waals surface area (Å²) in [4.78, 5) is 13.4. The highest BCUT2D eigenvalue weighted by Gasteiger charge is 2.21. The quantitative estimate of drug-likeness (QED) is 0.284. The summed E-state index contributed by atoms with van der Waals surface area (Å²) in [6, 6.07) is 17.1. The summed E-state index contributed by atoms with van der Waals surface area (Å²) < 4.78 is 41.5. The van der Waals surface area contributed by atoms with Crippen LogP contribution >= 0.6 is 0 Å². The molecule has 0 aliphatic carbocycles. The molecule has 37 heavy (non-hydrogen) atoms. The Hall–Kier alpha value is -5.06. The molecule has 0 N–H and O–H groups in total. The molecule has 0 aliphatic heterocycles. The molecule has 3 heterocycles. The molecule has 9 nitrogen and oxygen atoms in total. The van der Waals surface area contributed by atoms with Crippen molar-refractivity contribution in [3.8, 4) is 39.9 Å². The van der Waals surface area contributed by atoms with Gasteiger partial charge in [-0.2, -0.15) is 24.1 Å². The number of benzene rings is 2. The normalized spacial score (nSPS) is 11.0. The summed E-state index contributed by atoms with van der Waals surface area (Å²) in [5.41, 5.74) is 1.18. The minimum atomic E-state index is -3.10. The number of halogens is 2. The summed E-state index contributed by atoms with van der Waals surface area (Å²) in [6.07, 6.45) is 6.06. The SMILES string of the molecule is C=C(C)Oc1cn(-c2ccc(-n3cccn3)cc2OC(F)F)nc(-c2ccnn2-c2ccccc2)c1=O. The molecular weight excluding hydrogens is 482 g/mol. The lowest BCUT2D eigenvalue weighted by molar-refractivity contribution is -0.0499. The largest absolute Gasteiger partial charge is 0.457 e. The Morgan fingerprint density at radius 2 is 1.76 bits per heavy atom. The summed E-state index contributed by atoms with van der Waals surface area (Å²) in [5, 5.41) is 12.9. The molecule has 3 aromatic heterocycles. The Morgan fingerprint density at radius 3 is 2.46 bits per heavy atom. The molecule has 5 aromatic rings. The number of para-hydroxylation sites is 1. The van der Waals surface area contributed by atoms with Crippen LogP contribution in [0.25, 0.3) is 28.5 Å². The molecule has 0 bridgehead atoms. The first kappa shape index (κ1) is 23.7. The smallest absolute Gasteiger partial charge is 0.387 e. The van der Waals surface area contributed by atoms with Gasteiger partial charge in [0.2, 0.25) is 0 Å². The first-order chi connectivity index (χ1) is 17.9. The molecule has 2 aromatic carbocycles. The van der Waals surface area contributed by atoms with Crippen LogP contribution in [0.15, 0.2) is 103 Å². The molecule has 0 saturated heterocycles. The number of nitrogens with zero attached hydrogens (tertiary/aromatic N) is 6. The third-order valence-corrected chi connectivity index (χ3v) is 5.23. The molecule has 0 spiro atoms. The van der Waals surface area contributed by atoms with E-state index in [4.69, 9.17) is 9.47 Å². The van der Waals surface area contributed by atoms with Crippen LogP contribution in [0.5, 0.6) is 11.5 Å². The van der Waals surface area contributed by atoms with E-state index in [2.05, 4.69) is 21.9 Å². The van der Waals surface area contributed by atoms with E-state index in [1.807, 2.05) is 30.3 Å². The molecule has 0 atom stereocenters. The topological polar surface area (TPSA) is 89.0 Å². The van der Waals surface area contributed by atoms with Gasteiger partial charge in [-0.1, -0.05) is 24.8 Å². The van der Waals surface area contributed by atoms with Gasteiger partial charge >= 0.3 is 6.61 Å². The predicted octanol–water partition coefficient (Wildman–Crippen LogP) is 4.78. The van der Waals surface area contributed by atoms with Gasteiger partial charge in [0.15, 0.2) is 17.2 Å². The van der Waals surface area contributed by atoms with Gasteiger partial charge in [-0.3, -0.25) is 4.79 Å². The summed E-state index contributed by atoms with van der Waals surface area (Å²) in [5.74, 6) is -0.0177. The fourth-order valence-electron chi connectivity index (χ4n) is 3.72. The highest BCUT2D eigenvalue weighted by molar-refractivity contribution is 5.60. The Labute approximate surface area is 209 Å². The van der Waals surface area contributed by atoms with Crippen molar-refractivity contribution >= 4 is 0 Å². The van der Waals surface area contributed by atoms with Gasteiger partial charge in [0, 0.05) is 18.5 Å². The van der Waals surface area contributed by atoms with E-state index < -0.39 is 12.0 Å². The lowest BCUT2D eigenvalue weighted by Crippen LogP contribution is -2.19. The maximum Gasteiger partial charge on any atom is 0.387 e. The van der Waals surface area contributed by atoms with E-state index in [1.165, 1.54) is 33.9 Å². The number of rotatable bonds is 8. The fraction of sp³-hybridized carbons (Fsp3) is 0.0769. The Morgan fingerprint density at radius 1 is 0.946 bits per heavy atom. The molecule has 186 valence electrons. The average Bonchev–Trinajstić information content (AvgIpc) is 3.58. The molecule has 0 fully saturated rings. The van der Waals surface area contributed by atoms with Crippen molar-refractivity contribution in [1.82, 2.24) is 29.3 Å². The highest BCUT2D eigenvalue weighted by atomic mass is 19.3. The van der Waals surface area contributed by atoms with Crippen LogP contribution in [0, 0.1) is 0 Å². The maximum absolute atomic E-state index is 13.4. The van der Waals surface area contributed by atoms with Crippen LogP contribution in [0.1, 0.15) is 6.92 Å². The lowest BCUT2D eigenvalue weighted by Gasteiger charge is -2.16. The van der Waals surface area contributed by atoms with Gasteiger partial charge in [-0.25, -0.2) is 14.0 Å². The van der Waals surface area contributed by atoms with Crippen LogP contribution < -0.4 is 14.9 Å². The van der Waals surface area contributed by atoms with Gasteiger partial charge in [0.05, 0.1) is 35.2 Å². The molecule has 0 radical (unpaired) electrons. The molecule has 5 rings (SSSR count). The Balaban J connectivity index is 1.71. The van der Waals surface area contributed by atoms with Gasteiger partial charge in [-0.15, -0.1) is 0 Å². The second-order valence-electron chi connectivity index (χ2n) is 7.86. The summed E-state index contributed by atoms with van der Waals surface area (Å²) in [6.45, 7) is 2.19. The fourth-order valence-corrected chi connectivity index (χ4v) is 3.72. The van der Waals surface area contributed by atoms with E-state index in [1.54, 1.807) is 42.2 Å². The minimum absolute atomic E-state index is 0.0146. The van der Waals surface area contributed by atoms with E-state index in [-0.39, 0.29) is 28.6 Å². The van der Waals surface area contributed by atoms with E-state index in [0.717, 1.165) is 0 Å². The number of alkyl halides is 2. The van der Waals surface area contributed by atoms with Crippen LogP contribution in [-0.2, 0) is 0 Å². The van der Waals surface area contributed by atoms with Crippen molar-refractivity contribution in [2.75, 3.05) is 0 Å². The maximum atomic E-state index is 13.4. The number of hydrogen-bond acceptors (Lipinski definition) is 6. The molecule has 0 aliphatic rings. The summed E-state index contributed by atoms with van der Waals surface area (Å²) >= 11 is 0. The van der Waals surface area contributed by atoms with Crippen LogP contribution in [0.2, 0.25) is 0 Å². The number of hydrogen-bond donors (Lipinski definition) is 0. The van der Waals surface area contributed by atoms with Crippen LogP contribution in [0.3, 0.4) is 0 Å². The summed E-state index contributed by atoms with van der Waals surface area (Å²) in [7, 11) is 0. The monoisotopic (exact) mass is 502 g/mol. The van der Waals surface area contributed by atoms with E-state index in [9.17, 15) is 13.6 Å². The second-order valence-corrected chi connectivity index (χ2v) is 7.86. The van der Waals surface area contributed by atoms with Gasteiger partial charge in [-0.05, 0) is 43.3 Å². The zero-order chi connectivity index (χ0) is 25.9. The predicted molar refractivity (Wildman–Crippen MR) is 132 cm³/mol. The Kier molecular flexibility index (Phi) is 6.33. The zero-order valence-corrected chi connectivity index (χ0v) is 19.5. The van der Waals surface area contributed by atoms with Gasteiger partial charge in [0.1, 0.15) is 5.69 Å². The van der Waals surface area contributed by atoms with Crippen molar-refractivity contribution in [3.63, 3.8) is 0 Å². The van der Waals surface area contributed by atoms with Crippen LogP contribution in [-0.4, -0.2) is 36.0 Å². The van der Waals surface area contributed by atoms with E-state index >= 15 is 0 Å². The molecule has 11 heteroatoms. The third kappa shape index (κ3) is 4.87.